The van der Waals surface area contributed by atoms with Gasteiger partial charge in [-0.1, -0.05) is 45.7 Å². The zero-order valence-electron chi connectivity index (χ0n) is 11.7. The minimum absolute atomic E-state index is 0.307. The molecule has 0 spiro atoms. The molecule has 1 unspecified atom stereocenters. The Balaban J connectivity index is 2.27. The summed E-state index contributed by atoms with van der Waals surface area (Å²) in [5.41, 5.74) is 8.22. The predicted octanol–water partition coefficient (Wildman–Crippen LogP) is 4.18. The van der Waals surface area contributed by atoms with Crippen molar-refractivity contribution in [1.82, 2.24) is 0 Å². The highest BCUT2D eigenvalue weighted by molar-refractivity contribution is 9.10. The molecule has 112 valence electrons. The number of methoxy groups -OCH3 is 1. The van der Waals surface area contributed by atoms with Crippen LogP contribution >= 0.6 is 27.5 Å². The van der Waals surface area contributed by atoms with Gasteiger partial charge >= 0.3 is 0 Å². The van der Waals surface area contributed by atoms with E-state index in [0.717, 1.165) is 21.3 Å². The molecular formula is C16H17BrClNO2. The molecule has 0 aliphatic rings. The van der Waals surface area contributed by atoms with Crippen molar-refractivity contribution in [3.05, 3.63) is 63.1 Å². The molecule has 0 aliphatic carbocycles. The van der Waals surface area contributed by atoms with Crippen molar-refractivity contribution in [2.45, 2.75) is 6.04 Å². The molecule has 0 saturated heterocycles. The molecule has 0 amide bonds. The van der Waals surface area contributed by atoms with Gasteiger partial charge in [-0.05, 0) is 29.8 Å². The second-order valence-electron chi connectivity index (χ2n) is 4.56. The third kappa shape index (κ3) is 4.45. The molecule has 1 atom stereocenters. The van der Waals surface area contributed by atoms with Crippen molar-refractivity contribution in [3.8, 4) is 5.75 Å². The maximum Gasteiger partial charge on any atom is 0.124 e. The molecule has 5 heteroatoms. The maximum absolute atomic E-state index is 6.37. The van der Waals surface area contributed by atoms with E-state index >= 15 is 0 Å². The third-order valence-electron chi connectivity index (χ3n) is 3.04. The van der Waals surface area contributed by atoms with Crippen molar-refractivity contribution in [2.24, 2.45) is 5.73 Å². The van der Waals surface area contributed by atoms with E-state index < -0.39 is 0 Å². The molecule has 2 aromatic rings. The largest absolute Gasteiger partial charge is 0.491 e. The van der Waals surface area contributed by atoms with E-state index in [1.165, 1.54) is 0 Å². The van der Waals surface area contributed by atoms with E-state index in [0.29, 0.717) is 18.2 Å². The topological polar surface area (TPSA) is 44.5 Å². The molecule has 0 aliphatic heterocycles. The highest BCUT2D eigenvalue weighted by Gasteiger charge is 2.15. The first-order valence-electron chi connectivity index (χ1n) is 6.54. The van der Waals surface area contributed by atoms with Gasteiger partial charge in [0.1, 0.15) is 12.4 Å². The van der Waals surface area contributed by atoms with Crippen molar-refractivity contribution in [1.29, 1.82) is 0 Å². The van der Waals surface area contributed by atoms with Crippen LogP contribution in [0, 0.1) is 0 Å². The van der Waals surface area contributed by atoms with Gasteiger partial charge in [0, 0.05) is 22.2 Å². The molecule has 2 aromatic carbocycles. The molecule has 0 heterocycles. The number of hydrogen-bond acceptors (Lipinski definition) is 3. The fourth-order valence-electron chi connectivity index (χ4n) is 2.04. The SMILES string of the molecule is COCCOc1ccccc1C(N)c1cc(Cl)cc(Br)c1. The van der Waals surface area contributed by atoms with E-state index in [2.05, 4.69) is 15.9 Å². The van der Waals surface area contributed by atoms with Gasteiger partial charge < -0.3 is 15.2 Å². The fourth-order valence-corrected chi connectivity index (χ4v) is 2.92. The average molecular weight is 371 g/mol. The number of hydrogen-bond donors (Lipinski definition) is 1. The Labute approximate surface area is 138 Å². The van der Waals surface area contributed by atoms with Crippen molar-refractivity contribution in [3.63, 3.8) is 0 Å². The van der Waals surface area contributed by atoms with Gasteiger partial charge in [0.25, 0.3) is 0 Å². The van der Waals surface area contributed by atoms with Crippen LogP contribution in [-0.4, -0.2) is 20.3 Å². The van der Waals surface area contributed by atoms with Gasteiger partial charge in [0.15, 0.2) is 0 Å². The van der Waals surface area contributed by atoms with Crippen LogP contribution in [0.2, 0.25) is 5.02 Å². The second-order valence-corrected chi connectivity index (χ2v) is 5.91. The van der Waals surface area contributed by atoms with Crippen LogP contribution in [0.15, 0.2) is 46.9 Å². The Bertz CT molecular complexity index is 586. The summed E-state index contributed by atoms with van der Waals surface area (Å²) in [5.74, 6) is 0.762. The second kappa shape index (κ2) is 7.80. The summed E-state index contributed by atoms with van der Waals surface area (Å²) in [7, 11) is 1.64. The molecule has 2 N–H and O–H groups in total. The van der Waals surface area contributed by atoms with Crippen molar-refractivity contribution in [2.75, 3.05) is 20.3 Å². The minimum Gasteiger partial charge on any atom is -0.491 e. The molecule has 3 nitrogen and oxygen atoms in total. The first-order valence-corrected chi connectivity index (χ1v) is 7.71. The standard InChI is InChI=1S/C16H17BrClNO2/c1-20-6-7-21-15-5-3-2-4-14(15)16(19)11-8-12(17)10-13(18)9-11/h2-5,8-10,16H,6-7,19H2,1H3. The van der Waals surface area contributed by atoms with E-state index in [1.807, 2.05) is 42.5 Å². The predicted molar refractivity (Wildman–Crippen MR) is 89.0 cm³/mol. The summed E-state index contributed by atoms with van der Waals surface area (Å²) in [5, 5.41) is 0.646. The smallest absolute Gasteiger partial charge is 0.124 e. The molecule has 21 heavy (non-hydrogen) atoms. The third-order valence-corrected chi connectivity index (χ3v) is 3.72. The van der Waals surface area contributed by atoms with Crippen molar-refractivity contribution < 1.29 is 9.47 Å². The highest BCUT2D eigenvalue weighted by atomic mass is 79.9. The van der Waals surface area contributed by atoms with Gasteiger partial charge in [-0.15, -0.1) is 0 Å². The minimum atomic E-state index is -0.307. The van der Waals surface area contributed by atoms with Crippen molar-refractivity contribution >= 4 is 27.5 Å². The number of halogens is 2. The summed E-state index contributed by atoms with van der Waals surface area (Å²) in [6.07, 6.45) is 0. The highest BCUT2D eigenvalue weighted by Crippen LogP contribution is 2.31. The number of rotatable bonds is 6. The van der Waals surface area contributed by atoms with Gasteiger partial charge in [0.05, 0.1) is 12.6 Å². The van der Waals surface area contributed by atoms with Crippen LogP contribution in [-0.2, 0) is 4.74 Å². The Kier molecular flexibility index (Phi) is 6.06. The van der Waals surface area contributed by atoms with Gasteiger partial charge in [-0.2, -0.15) is 0 Å². The van der Waals surface area contributed by atoms with Crippen LogP contribution < -0.4 is 10.5 Å². The molecule has 0 aromatic heterocycles. The Morgan fingerprint density at radius 2 is 1.95 bits per heavy atom. The lowest BCUT2D eigenvalue weighted by atomic mass is 9.99. The normalized spacial score (nSPS) is 12.2. The lowest BCUT2D eigenvalue weighted by molar-refractivity contribution is 0.145. The summed E-state index contributed by atoms with van der Waals surface area (Å²) in [6, 6.07) is 13.1. The van der Waals surface area contributed by atoms with Crippen LogP contribution in [0.25, 0.3) is 0 Å². The average Bonchev–Trinajstić information content (AvgIpc) is 2.46. The lowest BCUT2D eigenvalue weighted by Gasteiger charge is -2.18. The molecule has 0 bridgehead atoms. The molecule has 0 fully saturated rings. The van der Waals surface area contributed by atoms with E-state index in [-0.39, 0.29) is 6.04 Å². The van der Waals surface area contributed by atoms with E-state index in [9.17, 15) is 0 Å². The Morgan fingerprint density at radius 3 is 2.67 bits per heavy atom. The fraction of sp³-hybridized carbons (Fsp3) is 0.250. The number of ether oxygens (including phenoxy) is 2. The summed E-state index contributed by atoms with van der Waals surface area (Å²) in [4.78, 5) is 0. The first-order chi connectivity index (χ1) is 10.1. The molecule has 2 rings (SSSR count). The van der Waals surface area contributed by atoms with Gasteiger partial charge in [-0.25, -0.2) is 0 Å². The summed E-state index contributed by atoms with van der Waals surface area (Å²) in [6.45, 7) is 1.02. The Hall–Kier alpha value is -1.07. The number of para-hydroxylation sites is 1. The van der Waals surface area contributed by atoms with E-state index in [1.54, 1.807) is 7.11 Å². The number of nitrogens with two attached hydrogens (primary N) is 1. The first kappa shape index (κ1) is 16.3. The van der Waals surface area contributed by atoms with Crippen LogP contribution in [0.3, 0.4) is 0 Å². The summed E-state index contributed by atoms with van der Waals surface area (Å²) < 4.78 is 11.6. The van der Waals surface area contributed by atoms with Crippen LogP contribution in [0.1, 0.15) is 17.2 Å². The Morgan fingerprint density at radius 1 is 1.19 bits per heavy atom. The quantitative estimate of drug-likeness (QED) is 0.776. The van der Waals surface area contributed by atoms with Gasteiger partial charge in [0.2, 0.25) is 0 Å². The number of benzene rings is 2. The van der Waals surface area contributed by atoms with E-state index in [4.69, 9.17) is 26.8 Å². The zero-order chi connectivity index (χ0) is 15.2. The van der Waals surface area contributed by atoms with Crippen LogP contribution in [0.4, 0.5) is 0 Å². The summed E-state index contributed by atoms with van der Waals surface area (Å²) >= 11 is 9.53. The molecule has 0 saturated carbocycles. The maximum atomic E-state index is 6.37. The zero-order valence-corrected chi connectivity index (χ0v) is 14.0. The monoisotopic (exact) mass is 369 g/mol. The van der Waals surface area contributed by atoms with Crippen LogP contribution in [0.5, 0.6) is 5.75 Å². The van der Waals surface area contributed by atoms with Gasteiger partial charge in [-0.3, -0.25) is 0 Å². The molecule has 0 radical (unpaired) electrons. The molecular weight excluding hydrogens is 354 g/mol. The lowest BCUT2D eigenvalue weighted by Crippen LogP contribution is -2.14.